The van der Waals surface area contributed by atoms with Gasteiger partial charge in [-0.3, -0.25) is 4.79 Å². The maximum Gasteiger partial charge on any atom is 0.272 e. The van der Waals surface area contributed by atoms with Crippen molar-refractivity contribution in [2.75, 3.05) is 7.11 Å². The molecule has 0 N–H and O–H groups in total. The highest BCUT2D eigenvalue weighted by Gasteiger charge is 2.00. The summed E-state index contributed by atoms with van der Waals surface area (Å²) in [7, 11) is 1.62. The summed E-state index contributed by atoms with van der Waals surface area (Å²) in [5.41, 5.74) is 3.30. The number of thiazole rings is 1. The van der Waals surface area contributed by atoms with Gasteiger partial charge in [0.25, 0.3) is 5.91 Å². The lowest BCUT2D eigenvalue weighted by atomic mass is 10.1. The van der Waals surface area contributed by atoms with E-state index >= 15 is 0 Å². The van der Waals surface area contributed by atoms with Gasteiger partial charge in [-0.05, 0) is 36.3 Å². The number of carbonyl (C=O) groups is 1. The van der Waals surface area contributed by atoms with Crippen LogP contribution in [-0.4, -0.2) is 17.6 Å². The molecule has 0 aliphatic rings. The van der Waals surface area contributed by atoms with Crippen LogP contribution >= 0.6 is 11.3 Å². The van der Waals surface area contributed by atoms with Crippen LogP contribution in [0.15, 0.2) is 71.2 Å². The summed E-state index contributed by atoms with van der Waals surface area (Å²) < 4.78 is 7.16. The highest BCUT2D eigenvalue weighted by molar-refractivity contribution is 7.07. The van der Waals surface area contributed by atoms with E-state index < -0.39 is 0 Å². The SMILES string of the molecule is COc1cccc(/C=C/C(=O)N=c2sccn2Cc2ccc(C)cc2)c1. The zero-order chi connectivity index (χ0) is 18.4. The molecule has 3 aromatic rings. The van der Waals surface area contributed by atoms with Gasteiger partial charge in [-0.25, -0.2) is 0 Å². The summed E-state index contributed by atoms with van der Waals surface area (Å²) in [6.45, 7) is 2.76. The Morgan fingerprint density at radius 2 is 2.04 bits per heavy atom. The fourth-order valence-corrected chi connectivity index (χ4v) is 3.17. The van der Waals surface area contributed by atoms with Crippen LogP contribution in [0.3, 0.4) is 0 Å². The van der Waals surface area contributed by atoms with Gasteiger partial charge >= 0.3 is 0 Å². The first-order chi connectivity index (χ1) is 12.6. The van der Waals surface area contributed by atoms with E-state index in [0.717, 1.165) is 11.3 Å². The van der Waals surface area contributed by atoms with Crippen LogP contribution in [0.1, 0.15) is 16.7 Å². The van der Waals surface area contributed by atoms with Crippen molar-refractivity contribution in [2.45, 2.75) is 13.5 Å². The minimum absolute atomic E-state index is 0.284. The third-order valence-corrected chi connectivity index (χ3v) is 4.65. The number of aryl methyl sites for hydroxylation is 1. The number of rotatable bonds is 5. The van der Waals surface area contributed by atoms with Crippen LogP contribution in [0.2, 0.25) is 0 Å². The van der Waals surface area contributed by atoms with Gasteiger partial charge in [0.1, 0.15) is 5.75 Å². The number of nitrogens with zero attached hydrogens (tertiary/aromatic N) is 2. The Hall–Kier alpha value is -2.92. The Morgan fingerprint density at radius 3 is 2.81 bits per heavy atom. The van der Waals surface area contributed by atoms with E-state index in [4.69, 9.17) is 4.74 Å². The second-order valence-electron chi connectivity index (χ2n) is 5.86. The monoisotopic (exact) mass is 364 g/mol. The molecular formula is C21H20N2O2S. The van der Waals surface area contributed by atoms with E-state index in [1.165, 1.54) is 28.5 Å². The van der Waals surface area contributed by atoms with E-state index in [-0.39, 0.29) is 5.91 Å². The van der Waals surface area contributed by atoms with Crippen molar-refractivity contribution in [2.24, 2.45) is 4.99 Å². The van der Waals surface area contributed by atoms with Crippen molar-refractivity contribution in [3.05, 3.63) is 87.7 Å². The van der Waals surface area contributed by atoms with Crippen molar-refractivity contribution in [3.63, 3.8) is 0 Å². The van der Waals surface area contributed by atoms with E-state index in [0.29, 0.717) is 11.3 Å². The average molecular weight is 364 g/mol. The third-order valence-electron chi connectivity index (χ3n) is 3.85. The number of methoxy groups -OCH3 is 1. The molecule has 2 aromatic carbocycles. The maximum absolute atomic E-state index is 12.2. The molecular weight excluding hydrogens is 344 g/mol. The molecule has 1 amide bonds. The summed E-state index contributed by atoms with van der Waals surface area (Å²) in [5, 5.41) is 1.94. The molecule has 0 fully saturated rings. The Morgan fingerprint density at radius 1 is 1.23 bits per heavy atom. The van der Waals surface area contributed by atoms with Crippen LogP contribution in [0.4, 0.5) is 0 Å². The number of aromatic nitrogens is 1. The van der Waals surface area contributed by atoms with Crippen molar-refractivity contribution >= 4 is 23.3 Å². The van der Waals surface area contributed by atoms with E-state index in [2.05, 4.69) is 36.2 Å². The first kappa shape index (κ1) is 17.9. The predicted octanol–water partition coefficient (Wildman–Crippen LogP) is 4.06. The highest BCUT2D eigenvalue weighted by atomic mass is 32.1. The van der Waals surface area contributed by atoms with Gasteiger partial charge in [0, 0.05) is 24.2 Å². The van der Waals surface area contributed by atoms with Crippen LogP contribution in [0.25, 0.3) is 6.08 Å². The van der Waals surface area contributed by atoms with Crippen molar-refractivity contribution in [1.82, 2.24) is 4.57 Å². The number of amides is 1. The summed E-state index contributed by atoms with van der Waals surface area (Å²) in [6, 6.07) is 15.9. The smallest absolute Gasteiger partial charge is 0.272 e. The van der Waals surface area contributed by atoms with Crippen molar-refractivity contribution in [1.29, 1.82) is 0 Å². The van der Waals surface area contributed by atoms with E-state index in [1.54, 1.807) is 13.2 Å². The first-order valence-corrected chi connectivity index (χ1v) is 9.12. The van der Waals surface area contributed by atoms with E-state index in [1.807, 2.05) is 40.4 Å². The number of benzene rings is 2. The quantitative estimate of drug-likeness (QED) is 0.641. The molecule has 26 heavy (non-hydrogen) atoms. The van der Waals surface area contributed by atoms with E-state index in [9.17, 15) is 4.79 Å². The molecule has 0 bridgehead atoms. The fourth-order valence-electron chi connectivity index (χ4n) is 2.44. The van der Waals surface area contributed by atoms with Gasteiger partial charge in [0.2, 0.25) is 0 Å². The Balaban J connectivity index is 1.75. The third kappa shape index (κ3) is 4.80. The van der Waals surface area contributed by atoms with Gasteiger partial charge in [-0.15, -0.1) is 11.3 Å². The van der Waals surface area contributed by atoms with Crippen LogP contribution in [0.5, 0.6) is 5.75 Å². The van der Waals surface area contributed by atoms with Gasteiger partial charge in [0.15, 0.2) is 4.80 Å². The molecule has 0 spiro atoms. The lowest BCUT2D eigenvalue weighted by Gasteiger charge is -2.03. The Kier molecular flexibility index (Phi) is 5.81. The molecule has 0 saturated carbocycles. The number of hydrogen-bond acceptors (Lipinski definition) is 3. The second-order valence-corrected chi connectivity index (χ2v) is 6.73. The van der Waals surface area contributed by atoms with Crippen molar-refractivity contribution in [3.8, 4) is 5.75 Å². The second kappa shape index (κ2) is 8.45. The van der Waals surface area contributed by atoms with Gasteiger partial charge in [-0.1, -0.05) is 42.0 Å². The van der Waals surface area contributed by atoms with Crippen LogP contribution < -0.4 is 9.54 Å². The van der Waals surface area contributed by atoms with Crippen LogP contribution in [-0.2, 0) is 11.3 Å². The molecule has 1 aromatic heterocycles. The standard InChI is InChI=1S/C21H20N2O2S/c1-16-6-8-18(9-7-16)15-23-12-13-26-21(23)22-20(24)11-10-17-4-3-5-19(14-17)25-2/h3-14H,15H2,1-2H3/b11-10+,22-21?. The summed E-state index contributed by atoms with van der Waals surface area (Å²) in [6.07, 6.45) is 5.17. The molecule has 0 radical (unpaired) electrons. The summed E-state index contributed by atoms with van der Waals surface area (Å²) >= 11 is 1.45. The molecule has 4 nitrogen and oxygen atoms in total. The molecule has 3 rings (SSSR count). The normalized spacial score (nSPS) is 11.8. The Labute approximate surface area is 156 Å². The number of ether oxygens (including phenoxy) is 1. The molecule has 0 saturated heterocycles. The molecule has 132 valence electrons. The minimum atomic E-state index is -0.284. The van der Waals surface area contributed by atoms with Gasteiger partial charge in [0.05, 0.1) is 7.11 Å². The number of hydrogen-bond donors (Lipinski definition) is 0. The number of carbonyl (C=O) groups excluding carboxylic acids is 1. The zero-order valence-electron chi connectivity index (χ0n) is 14.8. The largest absolute Gasteiger partial charge is 0.497 e. The maximum atomic E-state index is 12.2. The first-order valence-electron chi connectivity index (χ1n) is 8.24. The molecule has 5 heteroatoms. The Bertz CT molecular complexity index is 982. The predicted molar refractivity (Wildman–Crippen MR) is 105 cm³/mol. The minimum Gasteiger partial charge on any atom is -0.497 e. The average Bonchev–Trinajstić information content (AvgIpc) is 3.08. The van der Waals surface area contributed by atoms with Crippen molar-refractivity contribution < 1.29 is 9.53 Å². The molecule has 0 atom stereocenters. The lowest BCUT2D eigenvalue weighted by molar-refractivity contribution is -0.113. The highest BCUT2D eigenvalue weighted by Crippen LogP contribution is 2.13. The van der Waals surface area contributed by atoms with Gasteiger partial charge < -0.3 is 9.30 Å². The fraction of sp³-hybridized carbons (Fsp3) is 0.143. The molecule has 0 aliphatic heterocycles. The summed E-state index contributed by atoms with van der Waals surface area (Å²) in [5.74, 6) is 0.471. The summed E-state index contributed by atoms with van der Waals surface area (Å²) in [4.78, 5) is 17.1. The molecule has 0 aliphatic carbocycles. The van der Waals surface area contributed by atoms with Gasteiger partial charge in [-0.2, -0.15) is 4.99 Å². The molecule has 1 heterocycles. The topological polar surface area (TPSA) is 43.6 Å². The van der Waals surface area contributed by atoms with Crippen LogP contribution in [0, 0.1) is 6.92 Å². The lowest BCUT2D eigenvalue weighted by Crippen LogP contribution is -2.16. The zero-order valence-corrected chi connectivity index (χ0v) is 15.6. The molecule has 0 unspecified atom stereocenters.